The molecule has 0 spiro atoms. The first-order valence-corrected chi connectivity index (χ1v) is 9.45. The standard InChI is InChI=1S/C20H22N2O5/c23-15(2-1-3-16(24)25)21-13-6-8-14(9-7-13)22-19(26)17-11-4-5-12(10-11)18(17)20(22)27/h6-9,11-12,17-18H,1-5,10H2,(H,21,23)(H,24,25)/t11-,12-,17+,18+/m0/s1. The Labute approximate surface area is 156 Å². The van der Waals surface area contributed by atoms with E-state index in [0.29, 0.717) is 23.2 Å². The van der Waals surface area contributed by atoms with Crippen molar-refractivity contribution in [2.45, 2.75) is 38.5 Å². The summed E-state index contributed by atoms with van der Waals surface area (Å²) in [5, 5.41) is 11.3. The van der Waals surface area contributed by atoms with Crippen LogP contribution >= 0.6 is 0 Å². The molecular weight excluding hydrogens is 348 g/mol. The van der Waals surface area contributed by atoms with Crippen LogP contribution in [0.1, 0.15) is 38.5 Å². The van der Waals surface area contributed by atoms with E-state index in [1.165, 1.54) is 4.90 Å². The number of benzene rings is 1. The van der Waals surface area contributed by atoms with E-state index in [1.54, 1.807) is 24.3 Å². The van der Waals surface area contributed by atoms with Crippen molar-refractivity contribution >= 4 is 35.1 Å². The topological polar surface area (TPSA) is 104 Å². The summed E-state index contributed by atoms with van der Waals surface area (Å²) in [6, 6.07) is 6.67. The predicted octanol–water partition coefficient (Wildman–Crippen LogP) is 2.42. The first-order valence-electron chi connectivity index (χ1n) is 9.45. The van der Waals surface area contributed by atoms with E-state index in [4.69, 9.17) is 5.11 Å². The minimum Gasteiger partial charge on any atom is -0.481 e. The monoisotopic (exact) mass is 370 g/mol. The quantitative estimate of drug-likeness (QED) is 0.749. The molecule has 2 N–H and O–H groups in total. The van der Waals surface area contributed by atoms with Gasteiger partial charge in [-0.15, -0.1) is 0 Å². The van der Waals surface area contributed by atoms with Gasteiger partial charge in [-0.2, -0.15) is 0 Å². The van der Waals surface area contributed by atoms with Crippen molar-refractivity contribution in [3.63, 3.8) is 0 Å². The number of hydrogen-bond donors (Lipinski definition) is 2. The number of anilines is 2. The van der Waals surface area contributed by atoms with Gasteiger partial charge in [-0.25, -0.2) is 0 Å². The molecule has 2 aliphatic carbocycles. The van der Waals surface area contributed by atoms with E-state index in [1.807, 2.05) is 0 Å². The fourth-order valence-electron chi connectivity index (χ4n) is 4.98. The Morgan fingerprint density at radius 2 is 1.59 bits per heavy atom. The molecule has 3 aliphatic rings. The van der Waals surface area contributed by atoms with E-state index in [9.17, 15) is 19.2 Å². The van der Waals surface area contributed by atoms with Crippen LogP contribution in [0.5, 0.6) is 0 Å². The van der Waals surface area contributed by atoms with Crippen LogP contribution < -0.4 is 10.2 Å². The lowest BCUT2D eigenvalue weighted by atomic mass is 9.81. The molecule has 4 rings (SSSR count). The first-order chi connectivity index (χ1) is 13.0. The Bertz CT molecular complexity index is 775. The van der Waals surface area contributed by atoms with Crippen molar-refractivity contribution in [3.05, 3.63) is 24.3 Å². The van der Waals surface area contributed by atoms with Crippen LogP contribution in [0.4, 0.5) is 11.4 Å². The lowest BCUT2D eigenvalue weighted by molar-refractivity contribution is -0.137. The second-order valence-electron chi connectivity index (χ2n) is 7.74. The predicted molar refractivity (Wildman–Crippen MR) is 96.9 cm³/mol. The third-order valence-corrected chi connectivity index (χ3v) is 6.13. The lowest BCUT2D eigenvalue weighted by Crippen LogP contribution is -2.32. The van der Waals surface area contributed by atoms with Crippen LogP contribution in [0.3, 0.4) is 0 Å². The summed E-state index contributed by atoms with van der Waals surface area (Å²) in [4.78, 5) is 49.2. The lowest BCUT2D eigenvalue weighted by Gasteiger charge is -2.19. The Morgan fingerprint density at radius 3 is 2.15 bits per heavy atom. The molecule has 1 aromatic rings. The fourth-order valence-corrected chi connectivity index (χ4v) is 4.98. The highest BCUT2D eigenvalue weighted by Crippen LogP contribution is 2.56. The minimum atomic E-state index is -0.926. The first kappa shape index (κ1) is 17.7. The molecule has 3 fully saturated rings. The number of hydrogen-bond acceptors (Lipinski definition) is 4. The number of carboxylic acids is 1. The number of nitrogens with zero attached hydrogens (tertiary/aromatic N) is 1. The second-order valence-corrected chi connectivity index (χ2v) is 7.74. The summed E-state index contributed by atoms with van der Waals surface area (Å²) in [5.41, 5.74) is 1.10. The Hall–Kier alpha value is -2.70. The van der Waals surface area contributed by atoms with Crippen LogP contribution in [-0.2, 0) is 19.2 Å². The van der Waals surface area contributed by atoms with E-state index in [2.05, 4.69) is 5.32 Å². The largest absolute Gasteiger partial charge is 0.481 e. The van der Waals surface area contributed by atoms with Gasteiger partial charge < -0.3 is 10.4 Å². The van der Waals surface area contributed by atoms with Gasteiger partial charge in [-0.3, -0.25) is 24.1 Å². The molecule has 2 saturated carbocycles. The van der Waals surface area contributed by atoms with Crippen LogP contribution in [0.25, 0.3) is 0 Å². The van der Waals surface area contributed by atoms with Crippen molar-refractivity contribution in [1.82, 2.24) is 0 Å². The summed E-state index contributed by atoms with van der Waals surface area (Å²) < 4.78 is 0. The summed E-state index contributed by atoms with van der Waals surface area (Å²) in [7, 11) is 0. The molecule has 7 nitrogen and oxygen atoms in total. The smallest absolute Gasteiger partial charge is 0.303 e. The van der Waals surface area contributed by atoms with E-state index < -0.39 is 5.97 Å². The number of amides is 3. The maximum absolute atomic E-state index is 12.8. The van der Waals surface area contributed by atoms with Gasteiger partial charge in [0.05, 0.1) is 17.5 Å². The molecule has 2 bridgehead atoms. The van der Waals surface area contributed by atoms with Crippen molar-refractivity contribution < 1.29 is 24.3 Å². The third-order valence-electron chi connectivity index (χ3n) is 6.13. The van der Waals surface area contributed by atoms with Crippen LogP contribution in [-0.4, -0.2) is 28.8 Å². The number of rotatable bonds is 6. The minimum absolute atomic E-state index is 0.0458. The molecule has 27 heavy (non-hydrogen) atoms. The maximum Gasteiger partial charge on any atom is 0.303 e. The molecule has 1 saturated heterocycles. The van der Waals surface area contributed by atoms with Crippen molar-refractivity contribution in [2.24, 2.45) is 23.7 Å². The van der Waals surface area contributed by atoms with Gasteiger partial charge in [0.2, 0.25) is 17.7 Å². The second kappa shape index (κ2) is 6.79. The van der Waals surface area contributed by atoms with Gasteiger partial charge in [0.1, 0.15) is 0 Å². The van der Waals surface area contributed by atoms with Crippen molar-refractivity contribution in [3.8, 4) is 0 Å². The van der Waals surface area contributed by atoms with Gasteiger partial charge in [-0.05, 0) is 61.8 Å². The zero-order valence-electron chi connectivity index (χ0n) is 14.9. The maximum atomic E-state index is 12.8. The highest BCUT2D eigenvalue weighted by atomic mass is 16.4. The SMILES string of the molecule is O=C(O)CCCC(=O)Nc1ccc(N2C(=O)[C@@H]3[C@H]4CC[C@@H](C4)[C@H]3C2=O)cc1. The number of aliphatic carboxylic acids is 1. The summed E-state index contributed by atoms with van der Waals surface area (Å²) in [6.07, 6.45) is 3.46. The van der Waals surface area contributed by atoms with Crippen molar-refractivity contribution in [1.29, 1.82) is 0 Å². The highest BCUT2D eigenvalue weighted by Gasteiger charge is 2.61. The Kier molecular flexibility index (Phi) is 4.45. The molecule has 1 heterocycles. The van der Waals surface area contributed by atoms with Gasteiger partial charge in [0.25, 0.3) is 0 Å². The molecule has 142 valence electrons. The summed E-state index contributed by atoms with van der Waals surface area (Å²) in [5.74, 6) is -0.939. The summed E-state index contributed by atoms with van der Waals surface area (Å²) >= 11 is 0. The zero-order valence-corrected chi connectivity index (χ0v) is 14.9. The van der Waals surface area contributed by atoms with Gasteiger partial charge >= 0.3 is 5.97 Å². The molecule has 7 heteroatoms. The molecule has 0 unspecified atom stereocenters. The number of carbonyl (C=O) groups is 4. The number of fused-ring (bicyclic) bond motifs is 5. The van der Waals surface area contributed by atoms with Crippen molar-refractivity contribution in [2.75, 3.05) is 10.2 Å². The Balaban J connectivity index is 1.41. The normalized spacial score (nSPS) is 28.5. The number of nitrogens with one attached hydrogen (secondary N) is 1. The van der Waals surface area contributed by atoms with Crippen LogP contribution in [0, 0.1) is 23.7 Å². The van der Waals surface area contributed by atoms with Crippen LogP contribution in [0.15, 0.2) is 24.3 Å². The third kappa shape index (κ3) is 3.11. The average molecular weight is 370 g/mol. The molecule has 1 aliphatic heterocycles. The molecule has 0 radical (unpaired) electrons. The molecule has 1 aromatic carbocycles. The number of carboxylic acid groups (broad SMARTS) is 1. The van der Waals surface area contributed by atoms with Gasteiger partial charge in [0, 0.05) is 18.5 Å². The summed E-state index contributed by atoms with van der Waals surface area (Å²) in [6.45, 7) is 0. The molecule has 0 aromatic heterocycles. The zero-order chi connectivity index (χ0) is 19.1. The molecule has 4 atom stereocenters. The number of carbonyl (C=O) groups excluding carboxylic acids is 3. The fraction of sp³-hybridized carbons (Fsp3) is 0.500. The van der Waals surface area contributed by atoms with E-state index >= 15 is 0 Å². The average Bonchev–Trinajstić information content (AvgIpc) is 3.30. The number of imide groups is 1. The van der Waals surface area contributed by atoms with Gasteiger partial charge in [0.15, 0.2) is 0 Å². The molecular formula is C20H22N2O5. The van der Waals surface area contributed by atoms with E-state index in [-0.39, 0.29) is 48.8 Å². The molecule has 3 amide bonds. The highest BCUT2D eigenvalue weighted by molar-refractivity contribution is 6.22. The Morgan fingerprint density at radius 1 is 1.00 bits per heavy atom. The van der Waals surface area contributed by atoms with Crippen LogP contribution in [0.2, 0.25) is 0 Å². The van der Waals surface area contributed by atoms with Gasteiger partial charge in [-0.1, -0.05) is 0 Å². The van der Waals surface area contributed by atoms with E-state index in [0.717, 1.165) is 19.3 Å².